The number of rotatable bonds is 3. The van der Waals surface area contributed by atoms with Crippen LogP contribution in [0.15, 0.2) is 0 Å². The Morgan fingerprint density at radius 2 is 1.60 bits per heavy atom. The standard InChI is InChI=1S/C13H19NS/c14-2-1-3-15-13-11-5-9-4-10(7-11)8-12(13)6-9/h9-13H,1,3-8H2. The minimum absolute atomic E-state index is 0.744. The van der Waals surface area contributed by atoms with E-state index in [1.807, 2.05) is 0 Å². The fraction of sp³-hybridized carbons (Fsp3) is 0.923. The molecule has 0 unspecified atom stereocenters. The summed E-state index contributed by atoms with van der Waals surface area (Å²) in [4.78, 5) is 0. The Kier molecular flexibility index (Phi) is 2.68. The zero-order valence-corrected chi connectivity index (χ0v) is 10.0. The zero-order valence-electron chi connectivity index (χ0n) is 9.19. The molecule has 4 saturated carbocycles. The van der Waals surface area contributed by atoms with E-state index in [0.717, 1.165) is 41.1 Å². The van der Waals surface area contributed by atoms with Crippen LogP contribution >= 0.6 is 11.8 Å². The first-order valence-electron chi connectivity index (χ1n) is 6.35. The van der Waals surface area contributed by atoms with Crippen LogP contribution in [0.2, 0.25) is 0 Å². The van der Waals surface area contributed by atoms with Gasteiger partial charge in [0.25, 0.3) is 0 Å². The molecule has 4 aliphatic rings. The molecular weight excluding hydrogens is 202 g/mol. The fourth-order valence-corrected chi connectivity index (χ4v) is 5.86. The van der Waals surface area contributed by atoms with Crippen molar-refractivity contribution in [3.63, 3.8) is 0 Å². The van der Waals surface area contributed by atoms with Gasteiger partial charge < -0.3 is 0 Å². The summed E-state index contributed by atoms with van der Waals surface area (Å²) in [7, 11) is 0. The molecule has 0 aromatic carbocycles. The van der Waals surface area contributed by atoms with Gasteiger partial charge >= 0.3 is 0 Å². The smallest absolute Gasteiger partial charge is 0.0630 e. The highest BCUT2D eigenvalue weighted by molar-refractivity contribution is 7.99. The van der Waals surface area contributed by atoms with E-state index in [1.165, 1.54) is 25.7 Å². The predicted molar refractivity (Wildman–Crippen MR) is 63.5 cm³/mol. The SMILES string of the molecule is N#CCCSC1C2CC3CC(C2)CC1C3. The molecule has 0 saturated heterocycles. The van der Waals surface area contributed by atoms with Crippen LogP contribution < -0.4 is 0 Å². The maximum absolute atomic E-state index is 8.58. The lowest BCUT2D eigenvalue weighted by molar-refractivity contribution is 0.0267. The van der Waals surface area contributed by atoms with Crippen molar-refractivity contribution < 1.29 is 0 Å². The molecule has 4 bridgehead atoms. The Morgan fingerprint density at radius 1 is 1.00 bits per heavy atom. The lowest BCUT2D eigenvalue weighted by Crippen LogP contribution is -2.46. The minimum atomic E-state index is 0.744. The molecular formula is C13H19NS. The zero-order chi connectivity index (χ0) is 10.3. The van der Waals surface area contributed by atoms with Crippen molar-refractivity contribution in [2.45, 2.75) is 43.8 Å². The van der Waals surface area contributed by atoms with E-state index in [9.17, 15) is 0 Å². The number of nitriles is 1. The highest BCUT2D eigenvalue weighted by Crippen LogP contribution is 2.56. The van der Waals surface area contributed by atoms with Crippen LogP contribution in [0.3, 0.4) is 0 Å². The molecule has 0 aromatic rings. The van der Waals surface area contributed by atoms with Crippen LogP contribution in [0.4, 0.5) is 0 Å². The third-order valence-corrected chi connectivity index (χ3v) is 6.26. The van der Waals surface area contributed by atoms with Gasteiger partial charge in [-0.25, -0.2) is 0 Å². The lowest BCUT2D eigenvalue weighted by Gasteiger charge is -2.54. The predicted octanol–water partition coefficient (Wildman–Crippen LogP) is 3.46. The van der Waals surface area contributed by atoms with E-state index in [-0.39, 0.29) is 0 Å². The quantitative estimate of drug-likeness (QED) is 0.681. The Morgan fingerprint density at radius 3 is 2.13 bits per heavy atom. The van der Waals surface area contributed by atoms with Crippen molar-refractivity contribution in [1.29, 1.82) is 5.26 Å². The van der Waals surface area contributed by atoms with Crippen molar-refractivity contribution in [2.75, 3.05) is 5.75 Å². The normalized spacial score (nSPS) is 46.7. The van der Waals surface area contributed by atoms with Gasteiger partial charge in [0.05, 0.1) is 6.07 Å². The molecule has 0 aliphatic heterocycles. The molecule has 0 amide bonds. The van der Waals surface area contributed by atoms with Crippen LogP contribution in [-0.4, -0.2) is 11.0 Å². The maximum Gasteiger partial charge on any atom is 0.0630 e. The summed E-state index contributed by atoms with van der Waals surface area (Å²) >= 11 is 2.11. The molecule has 0 radical (unpaired) electrons. The average molecular weight is 221 g/mol. The van der Waals surface area contributed by atoms with Crippen LogP contribution in [-0.2, 0) is 0 Å². The van der Waals surface area contributed by atoms with Crippen molar-refractivity contribution in [2.24, 2.45) is 23.7 Å². The molecule has 0 N–H and O–H groups in total. The van der Waals surface area contributed by atoms with E-state index in [1.54, 1.807) is 6.42 Å². The van der Waals surface area contributed by atoms with Crippen molar-refractivity contribution >= 4 is 11.8 Å². The Hall–Kier alpha value is -0.160. The molecule has 4 rings (SSSR count). The maximum atomic E-state index is 8.58. The molecule has 4 fully saturated rings. The van der Waals surface area contributed by atoms with E-state index >= 15 is 0 Å². The summed E-state index contributed by atoms with van der Waals surface area (Å²) < 4.78 is 0. The monoisotopic (exact) mass is 221 g/mol. The van der Waals surface area contributed by atoms with Crippen LogP contribution in [0.1, 0.15) is 38.5 Å². The number of hydrogen-bond acceptors (Lipinski definition) is 2. The summed E-state index contributed by atoms with van der Waals surface area (Å²) in [5.74, 6) is 5.28. The van der Waals surface area contributed by atoms with Gasteiger partial charge in [-0.2, -0.15) is 17.0 Å². The molecule has 0 atom stereocenters. The van der Waals surface area contributed by atoms with Gasteiger partial charge in [0.2, 0.25) is 0 Å². The highest BCUT2D eigenvalue weighted by Gasteiger charge is 2.47. The summed E-state index contributed by atoms with van der Waals surface area (Å²) in [6.07, 6.45) is 8.33. The van der Waals surface area contributed by atoms with E-state index in [0.29, 0.717) is 0 Å². The topological polar surface area (TPSA) is 23.8 Å². The van der Waals surface area contributed by atoms with Gasteiger partial charge in [0, 0.05) is 17.4 Å². The number of thioether (sulfide) groups is 1. The number of hydrogen-bond donors (Lipinski definition) is 0. The molecule has 1 nitrogen and oxygen atoms in total. The first-order chi connectivity index (χ1) is 7.36. The molecule has 0 spiro atoms. The molecule has 15 heavy (non-hydrogen) atoms. The molecule has 2 heteroatoms. The van der Waals surface area contributed by atoms with Crippen LogP contribution in [0.5, 0.6) is 0 Å². The van der Waals surface area contributed by atoms with Gasteiger partial charge in [0.15, 0.2) is 0 Å². The van der Waals surface area contributed by atoms with Gasteiger partial charge in [0.1, 0.15) is 0 Å². The van der Waals surface area contributed by atoms with Crippen LogP contribution in [0.25, 0.3) is 0 Å². The van der Waals surface area contributed by atoms with Crippen molar-refractivity contribution in [3.05, 3.63) is 0 Å². The van der Waals surface area contributed by atoms with Gasteiger partial charge in [-0.15, -0.1) is 0 Å². The fourth-order valence-electron chi connectivity index (χ4n) is 4.39. The molecule has 0 heterocycles. The molecule has 0 aromatic heterocycles. The second kappa shape index (κ2) is 4.01. The van der Waals surface area contributed by atoms with Crippen molar-refractivity contribution in [1.82, 2.24) is 0 Å². The highest BCUT2D eigenvalue weighted by atomic mass is 32.2. The van der Waals surface area contributed by atoms with E-state index < -0.39 is 0 Å². The van der Waals surface area contributed by atoms with Crippen LogP contribution in [0, 0.1) is 35.0 Å². The summed E-state index contributed by atoms with van der Waals surface area (Å²) in [5, 5.41) is 9.51. The number of nitrogens with zero attached hydrogens (tertiary/aromatic N) is 1. The molecule has 4 aliphatic carbocycles. The Balaban J connectivity index is 1.63. The summed E-state index contributed by atoms with van der Waals surface area (Å²) in [6, 6.07) is 2.27. The van der Waals surface area contributed by atoms with E-state index in [4.69, 9.17) is 5.26 Å². The summed E-state index contributed by atoms with van der Waals surface area (Å²) in [5.41, 5.74) is 0. The third kappa shape index (κ3) is 1.80. The third-order valence-electron chi connectivity index (χ3n) is 4.66. The van der Waals surface area contributed by atoms with Gasteiger partial charge in [-0.1, -0.05) is 0 Å². The van der Waals surface area contributed by atoms with Gasteiger partial charge in [-0.3, -0.25) is 0 Å². The van der Waals surface area contributed by atoms with Crippen molar-refractivity contribution in [3.8, 4) is 6.07 Å². The second-order valence-electron chi connectivity index (χ2n) is 5.67. The first-order valence-corrected chi connectivity index (χ1v) is 7.40. The lowest BCUT2D eigenvalue weighted by atomic mass is 9.56. The Labute approximate surface area is 96.6 Å². The van der Waals surface area contributed by atoms with Gasteiger partial charge in [-0.05, 0) is 55.8 Å². The second-order valence-corrected chi connectivity index (χ2v) is 6.96. The summed E-state index contributed by atoms with van der Waals surface area (Å²) in [6.45, 7) is 0. The largest absolute Gasteiger partial charge is 0.198 e. The van der Waals surface area contributed by atoms with E-state index in [2.05, 4.69) is 17.8 Å². The molecule has 82 valence electrons. The first kappa shape index (κ1) is 10.0. The Bertz CT molecular complexity index is 253. The minimum Gasteiger partial charge on any atom is -0.198 e. The average Bonchev–Trinajstić information content (AvgIpc) is 2.21.